The van der Waals surface area contributed by atoms with Gasteiger partial charge in [0.2, 0.25) is 0 Å². The van der Waals surface area contributed by atoms with Gasteiger partial charge in [0.15, 0.2) is 0 Å². The first kappa shape index (κ1) is 15.0. The summed E-state index contributed by atoms with van der Waals surface area (Å²) < 4.78 is 0. The molecular weight excluding hydrogens is 220 g/mol. The maximum atomic E-state index is 6.09. The second-order valence-corrected chi connectivity index (χ2v) is 5.28. The Morgan fingerprint density at radius 1 is 1.17 bits per heavy atom. The van der Waals surface area contributed by atoms with Gasteiger partial charge in [0, 0.05) is 19.3 Å². The molecule has 0 aliphatic rings. The van der Waals surface area contributed by atoms with Crippen LogP contribution >= 0.6 is 0 Å². The van der Waals surface area contributed by atoms with Gasteiger partial charge in [-0.1, -0.05) is 44.4 Å². The Hall–Kier alpha value is -1.02. The zero-order valence-corrected chi connectivity index (χ0v) is 12.4. The SMILES string of the molecule is CCCCC(CC)(CN)N(C)c1ccc(C)cc1. The van der Waals surface area contributed by atoms with Gasteiger partial charge in [0.1, 0.15) is 0 Å². The molecule has 0 bridgehead atoms. The second kappa shape index (κ2) is 6.79. The Balaban J connectivity index is 2.93. The zero-order valence-electron chi connectivity index (χ0n) is 12.4. The van der Waals surface area contributed by atoms with Gasteiger partial charge in [-0.15, -0.1) is 0 Å². The van der Waals surface area contributed by atoms with Crippen LogP contribution in [0.2, 0.25) is 0 Å². The third kappa shape index (κ3) is 3.26. The number of likely N-dealkylation sites (N-methyl/N-ethyl adjacent to an activating group) is 1. The highest BCUT2D eigenvalue weighted by Crippen LogP contribution is 2.29. The number of nitrogens with two attached hydrogens (primary N) is 1. The van der Waals surface area contributed by atoms with Gasteiger partial charge in [-0.25, -0.2) is 0 Å². The summed E-state index contributed by atoms with van der Waals surface area (Å²) >= 11 is 0. The Labute approximate surface area is 112 Å². The van der Waals surface area contributed by atoms with Crippen molar-refractivity contribution in [2.45, 2.75) is 52.0 Å². The summed E-state index contributed by atoms with van der Waals surface area (Å²) in [5.74, 6) is 0. The van der Waals surface area contributed by atoms with Gasteiger partial charge in [0.25, 0.3) is 0 Å². The van der Waals surface area contributed by atoms with E-state index in [1.807, 2.05) is 0 Å². The molecule has 18 heavy (non-hydrogen) atoms. The van der Waals surface area contributed by atoms with Crippen molar-refractivity contribution in [3.63, 3.8) is 0 Å². The van der Waals surface area contributed by atoms with E-state index in [2.05, 4.69) is 57.0 Å². The molecular formula is C16H28N2. The summed E-state index contributed by atoms with van der Waals surface area (Å²) in [6.45, 7) is 7.32. The minimum Gasteiger partial charge on any atom is -0.368 e. The maximum absolute atomic E-state index is 6.09. The molecule has 102 valence electrons. The van der Waals surface area contributed by atoms with Crippen molar-refractivity contribution in [2.24, 2.45) is 5.73 Å². The molecule has 1 aromatic carbocycles. The van der Waals surface area contributed by atoms with E-state index in [1.54, 1.807) is 0 Å². The van der Waals surface area contributed by atoms with Crippen LogP contribution in [0.3, 0.4) is 0 Å². The van der Waals surface area contributed by atoms with Crippen LogP contribution in [0, 0.1) is 6.92 Å². The molecule has 2 nitrogen and oxygen atoms in total. The summed E-state index contributed by atoms with van der Waals surface area (Å²) in [7, 11) is 2.18. The minimum atomic E-state index is 0.102. The molecule has 0 aliphatic heterocycles. The van der Waals surface area contributed by atoms with Gasteiger partial charge in [-0.3, -0.25) is 0 Å². The number of hydrogen-bond acceptors (Lipinski definition) is 2. The molecule has 2 heteroatoms. The molecule has 1 atom stereocenters. The summed E-state index contributed by atoms with van der Waals surface area (Å²) in [4.78, 5) is 2.38. The monoisotopic (exact) mass is 248 g/mol. The molecule has 0 aromatic heterocycles. The molecule has 1 unspecified atom stereocenters. The number of anilines is 1. The van der Waals surface area contributed by atoms with Crippen LogP contribution in [-0.2, 0) is 0 Å². The quantitative estimate of drug-likeness (QED) is 0.796. The third-order valence-corrected chi connectivity index (χ3v) is 4.17. The van der Waals surface area contributed by atoms with Crippen LogP contribution in [0.1, 0.15) is 45.1 Å². The van der Waals surface area contributed by atoms with E-state index in [0.29, 0.717) is 6.54 Å². The van der Waals surface area contributed by atoms with E-state index in [0.717, 1.165) is 6.42 Å². The zero-order chi connectivity index (χ0) is 13.6. The van der Waals surface area contributed by atoms with Crippen LogP contribution in [0.4, 0.5) is 5.69 Å². The fourth-order valence-electron chi connectivity index (χ4n) is 2.51. The van der Waals surface area contributed by atoms with Crippen molar-refractivity contribution in [3.05, 3.63) is 29.8 Å². The molecule has 0 saturated carbocycles. The molecule has 0 spiro atoms. The van der Waals surface area contributed by atoms with Gasteiger partial charge in [-0.05, 0) is 31.9 Å². The number of benzene rings is 1. The lowest BCUT2D eigenvalue weighted by Crippen LogP contribution is -2.52. The first-order valence-corrected chi connectivity index (χ1v) is 7.10. The van der Waals surface area contributed by atoms with Crippen LogP contribution < -0.4 is 10.6 Å². The molecule has 1 aromatic rings. The van der Waals surface area contributed by atoms with E-state index in [-0.39, 0.29) is 5.54 Å². The van der Waals surface area contributed by atoms with Crippen molar-refractivity contribution in [2.75, 3.05) is 18.5 Å². The van der Waals surface area contributed by atoms with Crippen LogP contribution in [0.5, 0.6) is 0 Å². The molecule has 0 saturated heterocycles. The standard InChI is InChI=1S/C16H28N2/c1-5-7-12-16(6-2,13-17)18(4)15-10-8-14(3)9-11-15/h8-11H,5-7,12-13,17H2,1-4H3. The third-order valence-electron chi connectivity index (χ3n) is 4.17. The van der Waals surface area contributed by atoms with Crippen molar-refractivity contribution in [1.82, 2.24) is 0 Å². The van der Waals surface area contributed by atoms with Gasteiger partial charge in [0.05, 0.1) is 5.54 Å². The normalized spacial score (nSPS) is 14.3. The largest absolute Gasteiger partial charge is 0.368 e. The van der Waals surface area contributed by atoms with E-state index < -0.39 is 0 Å². The maximum Gasteiger partial charge on any atom is 0.0518 e. The first-order chi connectivity index (χ1) is 8.59. The number of aryl methyl sites for hydroxylation is 1. The van der Waals surface area contributed by atoms with Crippen molar-refractivity contribution >= 4 is 5.69 Å². The molecule has 0 amide bonds. The second-order valence-electron chi connectivity index (χ2n) is 5.28. The lowest BCUT2D eigenvalue weighted by Gasteiger charge is -2.42. The average molecular weight is 248 g/mol. The van der Waals surface area contributed by atoms with Gasteiger partial charge < -0.3 is 10.6 Å². The summed E-state index contributed by atoms with van der Waals surface area (Å²) in [6, 6.07) is 8.73. The number of hydrogen-bond donors (Lipinski definition) is 1. The van der Waals surface area contributed by atoms with Gasteiger partial charge >= 0.3 is 0 Å². The first-order valence-electron chi connectivity index (χ1n) is 7.10. The van der Waals surface area contributed by atoms with Crippen molar-refractivity contribution in [1.29, 1.82) is 0 Å². The molecule has 1 rings (SSSR count). The summed E-state index contributed by atoms with van der Waals surface area (Å²) in [6.07, 6.45) is 4.72. The number of nitrogens with zero attached hydrogens (tertiary/aromatic N) is 1. The van der Waals surface area contributed by atoms with E-state index >= 15 is 0 Å². The van der Waals surface area contributed by atoms with Crippen LogP contribution in [0.15, 0.2) is 24.3 Å². The lowest BCUT2D eigenvalue weighted by atomic mass is 9.87. The lowest BCUT2D eigenvalue weighted by molar-refractivity contribution is 0.359. The van der Waals surface area contributed by atoms with E-state index in [1.165, 1.54) is 30.5 Å². The molecule has 2 N–H and O–H groups in total. The summed E-state index contributed by atoms with van der Waals surface area (Å²) in [5.41, 5.74) is 8.76. The topological polar surface area (TPSA) is 29.3 Å². The highest BCUT2D eigenvalue weighted by atomic mass is 15.2. The molecule has 0 heterocycles. The predicted octanol–water partition coefficient (Wildman–Crippen LogP) is 3.73. The van der Waals surface area contributed by atoms with Crippen LogP contribution in [-0.4, -0.2) is 19.1 Å². The molecule has 0 aliphatic carbocycles. The molecule has 0 radical (unpaired) electrons. The van der Waals surface area contributed by atoms with Gasteiger partial charge in [-0.2, -0.15) is 0 Å². The smallest absolute Gasteiger partial charge is 0.0518 e. The molecule has 0 fully saturated rings. The van der Waals surface area contributed by atoms with Crippen LogP contribution in [0.25, 0.3) is 0 Å². The van der Waals surface area contributed by atoms with Crippen molar-refractivity contribution in [3.8, 4) is 0 Å². The Bertz CT molecular complexity index is 339. The Morgan fingerprint density at radius 3 is 2.22 bits per heavy atom. The van der Waals surface area contributed by atoms with E-state index in [9.17, 15) is 0 Å². The van der Waals surface area contributed by atoms with E-state index in [4.69, 9.17) is 5.73 Å². The number of rotatable bonds is 7. The fraction of sp³-hybridized carbons (Fsp3) is 0.625. The minimum absolute atomic E-state index is 0.102. The highest BCUT2D eigenvalue weighted by Gasteiger charge is 2.30. The Kier molecular flexibility index (Phi) is 5.67. The summed E-state index contributed by atoms with van der Waals surface area (Å²) in [5, 5.41) is 0. The number of unbranched alkanes of at least 4 members (excludes halogenated alkanes) is 1. The highest BCUT2D eigenvalue weighted by molar-refractivity contribution is 5.49. The van der Waals surface area contributed by atoms with Crippen molar-refractivity contribution < 1.29 is 0 Å². The average Bonchev–Trinajstić information content (AvgIpc) is 2.41. The fourth-order valence-corrected chi connectivity index (χ4v) is 2.51. The Morgan fingerprint density at radius 2 is 1.78 bits per heavy atom. The predicted molar refractivity (Wildman–Crippen MR) is 81.2 cm³/mol.